The molecule has 0 spiro atoms. The van der Waals surface area contributed by atoms with E-state index < -0.39 is 10.9 Å². The summed E-state index contributed by atoms with van der Waals surface area (Å²) >= 11 is 6.51. The third kappa shape index (κ3) is 4.18. The number of carbonyl (C=O) groups excluding carboxylic acids is 1. The van der Waals surface area contributed by atoms with Crippen molar-refractivity contribution in [2.45, 2.75) is 13.8 Å². The lowest BCUT2D eigenvalue weighted by atomic mass is 10.2. The Balaban J connectivity index is 1.67. The van der Waals surface area contributed by atoms with E-state index in [9.17, 15) is 19.7 Å². The molecule has 1 fully saturated rings. The molecule has 0 unspecified atom stereocenters. The van der Waals surface area contributed by atoms with Gasteiger partial charge in [-0.25, -0.2) is 4.79 Å². The number of carboxylic acid groups (broad SMARTS) is 1. The van der Waals surface area contributed by atoms with Gasteiger partial charge in [-0.3, -0.25) is 19.8 Å². The van der Waals surface area contributed by atoms with Gasteiger partial charge >= 0.3 is 5.97 Å². The summed E-state index contributed by atoms with van der Waals surface area (Å²) < 4.78 is 2.27. The first-order chi connectivity index (χ1) is 15.7. The van der Waals surface area contributed by atoms with Crippen LogP contribution in [0.5, 0.6) is 0 Å². The van der Waals surface area contributed by atoms with Crippen molar-refractivity contribution in [3.05, 3.63) is 92.1 Å². The largest absolute Gasteiger partial charge is 0.478 e. The lowest BCUT2D eigenvalue weighted by molar-refractivity contribution is -0.384. The van der Waals surface area contributed by atoms with E-state index in [1.807, 2.05) is 24.5 Å². The normalized spacial score (nSPS) is 14.8. The molecule has 10 heteroatoms. The quantitative estimate of drug-likeness (QED) is 0.235. The van der Waals surface area contributed by atoms with Gasteiger partial charge < -0.3 is 9.67 Å². The number of aryl methyl sites for hydroxylation is 1. The molecule has 1 N–H and O–H groups in total. The Labute approximate surface area is 198 Å². The SMILES string of the molecule is Cc1cc(/C=C2\SC(=S)N(c3cccc([N+](=O)[O-])c3)C2=O)c(C)n1-c1ccc(C(=O)O)cc1. The Bertz CT molecular complexity index is 1360. The Morgan fingerprint density at radius 2 is 1.82 bits per heavy atom. The third-order valence-corrected chi connectivity index (χ3v) is 6.52. The zero-order valence-electron chi connectivity index (χ0n) is 17.5. The Hall–Kier alpha value is -3.76. The van der Waals surface area contributed by atoms with Gasteiger partial charge in [0.15, 0.2) is 4.32 Å². The van der Waals surface area contributed by atoms with Gasteiger partial charge in [0.25, 0.3) is 11.6 Å². The minimum absolute atomic E-state index is 0.122. The summed E-state index contributed by atoms with van der Waals surface area (Å²) in [5, 5.41) is 20.2. The van der Waals surface area contributed by atoms with Crippen LogP contribution >= 0.6 is 24.0 Å². The molecule has 33 heavy (non-hydrogen) atoms. The molecule has 2 heterocycles. The number of carboxylic acids is 1. The number of non-ortho nitro benzene ring substituents is 1. The summed E-state index contributed by atoms with van der Waals surface area (Å²) in [4.78, 5) is 36.5. The fourth-order valence-corrected chi connectivity index (χ4v) is 4.95. The van der Waals surface area contributed by atoms with Crippen molar-refractivity contribution in [1.29, 1.82) is 0 Å². The van der Waals surface area contributed by atoms with Crippen LogP contribution in [-0.2, 0) is 4.79 Å². The van der Waals surface area contributed by atoms with E-state index in [0.717, 1.165) is 34.4 Å². The monoisotopic (exact) mass is 479 g/mol. The molecule has 0 saturated carbocycles. The number of carbonyl (C=O) groups is 2. The molecule has 1 aliphatic rings. The fraction of sp³-hybridized carbons (Fsp3) is 0.0870. The van der Waals surface area contributed by atoms with Gasteiger partial charge in [-0.2, -0.15) is 0 Å². The molecule has 2 aromatic carbocycles. The molecular formula is C23H17N3O5S2. The summed E-state index contributed by atoms with van der Waals surface area (Å²) in [7, 11) is 0. The second kappa shape index (κ2) is 8.64. The molecule has 1 amide bonds. The van der Waals surface area contributed by atoms with Gasteiger partial charge in [-0.15, -0.1) is 0 Å². The average Bonchev–Trinajstić information content (AvgIpc) is 3.22. The van der Waals surface area contributed by atoms with E-state index >= 15 is 0 Å². The van der Waals surface area contributed by atoms with Crippen molar-refractivity contribution in [2.24, 2.45) is 0 Å². The first kappa shape index (κ1) is 22.4. The number of aromatic nitrogens is 1. The molecule has 0 aliphatic carbocycles. The highest BCUT2D eigenvalue weighted by molar-refractivity contribution is 8.27. The molecule has 0 radical (unpaired) electrons. The number of benzene rings is 2. The zero-order valence-corrected chi connectivity index (χ0v) is 19.1. The van der Waals surface area contributed by atoms with Crippen LogP contribution in [0.1, 0.15) is 27.3 Å². The van der Waals surface area contributed by atoms with Crippen molar-refractivity contribution in [3.8, 4) is 5.69 Å². The minimum Gasteiger partial charge on any atom is -0.478 e. The van der Waals surface area contributed by atoms with Crippen LogP contribution in [0, 0.1) is 24.0 Å². The number of thioether (sulfide) groups is 1. The molecular weight excluding hydrogens is 462 g/mol. The smallest absolute Gasteiger partial charge is 0.335 e. The first-order valence-corrected chi connectivity index (χ1v) is 10.9. The summed E-state index contributed by atoms with van der Waals surface area (Å²) in [6.45, 7) is 3.83. The van der Waals surface area contributed by atoms with Crippen LogP contribution in [0.4, 0.5) is 11.4 Å². The number of nitrogens with zero attached hydrogens (tertiary/aromatic N) is 3. The number of hydrogen-bond acceptors (Lipinski definition) is 6. The Kier molecular flexibility index (Phi) is 5.88. The molecule has 1 aliphatic heterocycles. The Morgan fingerprint density at radius 3 is 2.45 bits per heavy atom. The van der Waals surface area contributed by atoms with Crippen LogP contribution in [-0.4, -0.2) is 30.8 Å². The summed E-state index contributed by atoms with van der Waals surface area (Å²) in [5.74, 6) is -1.34. The second-order valence-corrected chi connectivity index (χ2v) is 8.98. The lowest BCUT2D eigenvalue weighted by Crippen LogP contribution is -2.27. The van der Waals surface area contributed by atoms with Gasteiger partial charge in [0.05, 0.1) is 21.1 Å². The van der Waals surface area contributed by atoms with Gasteiger partial charge in [-0.05, 0) is 61.9 Å². The highest BCUT2D eigenvalue weighted by Gasteiger charge is 2.34. The number of anilines is 1. The molecule has 1 aromatic heterocycles. The van der Waals surface area contributed by atoms with Crippen LogP contribution in [0.3, 0.4) is 0 Å². The number of thiocarbonyl (C=S) groups is 1. The van der Waals surface area contributed by atoms with E-state index in [4.69, 9.17) is 17.3 Å². The third-order valence-electron chi connectivity index (χ3n) is 5.22. The Morgan fingerprint density at radius 1 is 1.12 bits per heavy atom. The molecule has 166 valence electrons. The maximum Gasteiger partial charge on any atom is 0.335 e. The number of hydrogen-bond donors (Lipinski definition) is 1. The van der Waals surface area contributed by atoms with Crippen molar-refractivity contribution in [1.82, 2.24) is 4.57 Å². The van der Waals surface area contributed by atoms with Crippen LogP contribution in [0.15, 0.2) is 59.5 Å². The van der Waals surface area contributed by atoms with E-state index in [-0.39, 0.29) is 17.2 Å². The number of rotatable bonds is 5. The number of aromatic carboxylic acids is 1. The van der Waals surface area contributed by atoms with Crippen LogP contribution in [0.25, 0.3) is 11.8 Å². The van der Waals surface area contributed by atoms with Crippen molar-refractivity contribution < 1.29 is 19.6 Å². The van der Waals surface area contributed by atoms with E-state index in [1.54, 1.807) is 36.4 Å². The number of amides is 1. The molecule has 0 bridgehead atoms. The maximum atomic E-state index is 13.1. The molecule has 8 nitrogen and oxygen atoms in total. The highest BCUT2D eigenvalue weighted by atomic mass is 32.2. The predicted molar refractivity (Wildman–Crippen MR) is 131 cm³/mol. The lowest BCUT2D eigenvalue weighted by Gasteiger charge is -2.14. The average molecular weight is 480 g/mol. The van der Waals surface area contributed by atoms with Crippen molar-refractivity contribution in [3.63, 3.8) is 0 Å². The van der Waals surface area contributed by atoms with Gasteiger partial charge in [0.2, 0.25) is 0 Å². The van der Waals surface area contributed by atoms with Gasteiger partial charge in [0, 0.05) is 29.2 Å². The van der Waals surface area contributed by atoms with E-state index in [0.29, 0.717) is 14.9 Å². The summed E-state index contributed by atoms with van der Waals surface area (Å²) in [6, 6.07) is 14.3. The second-order valence-electron chi connectivity index (χ2n) is 7.31. The standard InChI is InChI=1S/C23H17N3O5S2/c1-13-10-16(14(2)24(13)17-8-6-15(7-9-17)22(28)29)11-20-21(27)25(23(32)33-20)18-4-3-5-19(12-18)26(30)31/h3-12H,1-2H3,(H,28,29)/b20-11-. The molecule has 4 rings (SSSR count). The molecule has 1 saturated heterocycles. The highest BCUT2D eigenvalue weighted by Crippen LogP contribution is 2.37. The fourth-order valence-electron chi connectivity index (χ4n) is 3.66. The van der Waals surface area contributed by atoms with E-state index in [2.05, 4.69) is 0 Å². The summed E-state index contributed by atoms with van der Waals surface area (Å²) in [6.07, 6.45) is 1.75. The molecule has 0 atom stereocenters. The predicted octanol–water partition coefficient (Wildman–Crippen LogP) is 5.11. The first-order valence-electron chi connectivity index (χ1n) is 9.72. The van der Waals surface area contributed by atoms with Crippen LogP contribution in [0.2, 0.25) is 0 Å². The van der Waals surface area contributed by atoms with E-state index in [1.165, 1.54) is 23.1 Å². The minimum atomic E-state index is -0.992. The van der Waals surface area contributed by atoms with Crippen LogP contribution < -0.4 is 4.90 Å². The van der Waals surface area contributed by atoms with Gasteiger partial charge in [-0.1, -0.05) is 30.0 Å². The van der Waals surface area contributed by atoms with Gasteiger partial charge in [0.1, 0.15) is 0 Å². The zero-order chi connectivity index (χ0) is 23.9. The summed E-state index contributed by atoms with van der Waals surface area (Å²) in [5.41, 5.74) is 3.83. The van der Waals surface area contributed by atoms with Crippen molar-refractivity contribution >= 4 is 57.6 Å². The maximum absolute atomic E-state index is 13.1. The van der Waals surface area contributed by atoms with Crippen molar-refractivity contribution in [2.75, 3.05) is 4.90 Å². The number of nitro groups is 1. The topological polar surface area (TPSA) is 106 Å². The number of nitro benzene ring substituents is 1. The molecule has 3 aromatic rings.